The average molecular weight is 411 g/mol. The zero-order chi connectivity index (χ0) is 22.3. The molecule has 0 saturated carbocycles. The molecule has 7 heteroatoms. The van der Waals surface area contributed by atoms with E-state index >= 15 is 0 Å². The van der Waals surface area contributed by atoms with Crippen LogP contribution in [-0.2, 0) is 4.79 Å². The van der Waals surface area contributed by atoms with Crippen LogP contribution in [0.25, 0.3) is 6.08 Å². The fraction of sp³-hybridized carbons (Fsp3) is 0.391. The highest BCUT2D eigenvalue weighted by Crippen LogP contribution is 2.41. The van der Waals surface area contributed by atoms with Gasteiger partial charge in [0, 0.05) is 12.6 Å². The van der Waals surface area contributed by atoms with E-state index in [-0.39, 0.29) is 17.0 Å². The van der Waals surface area contributed by atoms with Crippen molar-refractivity contribution in [3.8, 4) is 0 Å². The standard InChI is InChI=1S/C23H30N4O3/c1-15(8-6-9-16(2)14-19-20(22(29)30)26-27-25-19)11-12-18-17(21(28)24-5)10-7-13-23(18,3)4/h6,8-9,11-12,14H,7,10,13H2,1-5H3,(H,24,28)(H,29,30)(H,25,26,27)/b9-6+,12-11+,15-8+,16-14+. The lowest BCUT2D eigenvalue weighted by atomic mass is 9.72. The van der Waals surface area contributed by atoms with E-state index < -0.39 is 5.97 Å². The highest BCUT2D eigenvalue weighted by Gasteiger charge is 2.30. The molecule has 1 aromatic rings. The molecule has 0 fully saturated rings. The number of aromatic carboxylic acids is 1. The van der Waals surface area contributed by atoms with Crippen LogP contribution in [0.1, 0.15) is 63.1 Å². The number of carbonyl (C=O) groups is 2. The van der Waals surface area contributed by atoms with Gasteiger partial charge in [-0.15, -0.1) is 5.10 Å². The Labute approximate surface area is 177 Å². The van der Waals surface area contributed by atoms with Crippen molar-refractivity contribution in [2.75, 3.05) is 7.05 Å². The minimum Gasteiger partial charge on any atom is -0.476 e. The van der Waals surface area contributed by atoms with E-state index in [1.54, 1.807) is 13.1 Å². The first kappa shape index (κ1) is 23.1. The first-order valence-electron chi connectivity index (χ1n) is 9.97. The molecule has 0 aliphatic heterocycles. The number of H-pyrrole nitrogens is 1. The minimum atomic E-state index is -1.12. The monoisotopic (exact) mass is 410 g/mol. The molecule has 1 aromatic heterocycles. The molecule has 7 nitrogen and oxygen atoms in total. The molecular weight excluding hydrogens is 380 g/mol. The molecule has 0 spiro atoms. The van der Waals surface area contributed by atoms with E-state index in [4.69, 9.17) is 5.11 Å². The Morgan fingerprint density at radius 1 is 1.17 bits per heavy atom. The van der Waals surface area contributed by atoms with Crippen LogP contribution in [0.4, 0.5) is 0 Å². The molecule has 0 unspecified atom stereocenters. The van der Waals surface area contributed by atoms with Crippen molar-refractivity contribution in [2.24, 2.45) is 5.41 Å². The minimum absolute atomic E-state index is 0.00157. The van der Waals surface area contributed by atoms with Crippen LogP contribution < -0.4 is 5.32 Å². The summed E-state index contributed by atoms with van der Waals surface area (Å²) in [6.07, 6.45) is 14.3. The van der Waals surface area contributed by atoms with Gasteiger partial charge in [0.15, 0.2) is 5.69 Å². The zero-order valence-corrected chi connectivity index (χ0v) is 18.2. The molecule has 1 aliphatic carbocycles. The molecule has 30 heavy (non-hydrogen) atoms. The number of carboxylic acid groups (broad SMARTS) is 1. The number of hydrogen-bond acceptors (Lipinski definition) is 4. The second-order valence-electron chi connectivity index (χ2n) is 8.06. The lowest BCUT2D eigenvalue weighted by Gasteiger charge is -2.33. The van der Waals surface area contributed by atoms with Crippen molar-refractivity contribution in [1.29, 1.82) is 0 Å². The van der Waals surface area contributed by atoms with Gasteiger partial charge in [-0.05, 0) is 55.7 Å². The van der Waals surface area contributed by atoms with Gasteiger partial charge in [0.2, 0.25) is 5.91 Å². The van der Waals surface area contributed by atoms with Crippen molar-refractivity contribution < 1.29 is 14.7 Å². The van der Waals surface area contributed by atoms with E-state index in [2.05, 4.69) is 40.7 Å². The van der Waals surface area contributed by atoms with Gasteiger partial charge in [0.05, 0.1) is 0 Å². The van der Waals surface area contributed by atoms with Gasteiger partial charge in [-0.3, -0.25) is 4.79 Å². The second-order valence-corrected chi connectivity index (χ2v) is 8.06. The van der Waals surface area contributed by atoms with Crippen molar-refractivity contribution >= 4 is 18.0 Å². The Morgan fingerprint density at radius 2 is 1.90 bits per heavy atom. The highest BCUT2D eigenvalue weighted by molar-refractivity contribution is 5.95. The lowest BCUT2D eigenvalue weighted by Crippen LogP contribution is -2.28. The third kappa shape index (κ3) is 5.89. The zero-order valence-electron chi connectivity index (χ0n) is 18.2. The summed E-state index contributed by atoms with van der Waals surface area (Å²) in [5.41, 5.74) is 3.99. The van der Waals surface area contributed by atoms with Crippen LogP contribution in [0.15, 0.2) is 52.7 Å². The molecule has 1 heterocycles. The number of aromatic nitrogens is 3. The molecule has 1 aliphatic rings. The predicted octanol–water partition coefficient (Wildman–Crippen LogP) is 4.22. The number of rotatable bonds is 7. The Balaban J connectivity index is 2.16. The van der Waals surface area contributed by atoms with Crippen LogP contribution >= 0.6 is 0 Å². The molecule has 0 atom stereocenters. The highest BCUT2D eigenvalue weighted by atomic mass is 16.4. The van der Waals surface area contributed by atoms with Gasteiger partial charge in [0.25, 0.3) is 0 Å². The summed E-state index contributed by atoms with van der Waals surface area (Å²) in [7, 11) is 1.67. The van der Waals surface area contributed by atoms with Crippen LogP contribution in [0.2, 0.25) is 0 Å². The molecular formula is C23H30N4O3. The maximum absolute atomic E-state index is 12.3. The molecule has 0 radical (unpaired) electrons. The van der Waals surface area contributed by atoms with Crippen LogP contribution in [-0.4, -0.2) is 39.4 Å². The average Bonchev–Trinajstić information content (AvgIpc) is 3.14. The Kier molecular flexibility index (Phi) is 7.69. The summed E-state index contributed by atoms with van der Waals surface area (Å²) in [4.78, 5) is 23.4. The Bertz CT molecular complexity index is 959. The van der Waals surface area contributed by atoms with Gasteiger partial charge in [-0.2, -0.15) is 10.3 Å². The number of nitrogens with zero attached hydrogens (tertiary/aromatic N) is 2. The summed E-state index contributed by atoms with van der Waals surface area (Å²) in [6, 6.07) is 0. The molecule has 1 amide bonds. The van der Waals surface area contributed by atoms with Crippen molar-refractivity contribution in [3.63, 3.8) is 0 Å². The SMILES string of the molecule is CNC(=O)C1=C(/C=C/C(C)=C/C=C/C(C)=C/c2n[nH]nc2C(=O)O)C(C)(C)CCC1. The number of nitrogens with one attached hydrogen (secondary N) is 2. The number of allylic oxidation sites excluding steroid dienone is 8. The molecule has 0 aromatic carbocycles. The fourth-order valence-corrected chi connectivity index (χ4v) is 3.48. The Hall–Kier alpha value is -3.22. The van der Waals surface area contributed by atoms with Gasteiger partial charge in [-0.25, -0.2) is 4.79 Å². The molecule has 2 rings (SSSR count). The molecule has 0 bridgehead atoms. The summed E-state index contributed by atoms with van der Waals surface area (Å²) >= 11 is 0. The summed E-state index contributed by atoms with van der Waals surface area (Å²) < 4.78 is 0. The Morgan fingerprint density at radius 3 is 2.57 bits per heavy atom. The first-order valence-corrected chi connectivity index (χ1v) is 9.97. The van der Waals surface area contributed by atoms with E-state index in [0.717, 1.165) is 41.6 Å². The third-order valence-electron chi connectivity index (χ3n) is 5.16. The first-order chi connectivity index (χ1) is 14.2. The molecule has 3 N–H and O–H groups in total. The normalized spacial score (nSPS) is 17.8. The largest absolute Gasteiger partial charge is 0.476 e. The van der Waals surface area contributed by atoms with Crippen LogP contribution in [0.5, 0.6) is 0 Å². The van der Waals surface area contributed by atoms with Gasteiger partial charge >= 0.3 is 5.97 Å². The third-order valence-corrected chi connectivity index (χ3v) is 5.16. The summed E-state index contributed by atoms with van der Waals surface area (Å²) in [5, 5.41) is 21.6. The number of carboxylic acids is 1. The van der Waals surface area contributed by atoms with E-state index in [9.17, 15) is 9.59 Å². The van der Waals surface area contributed by atoms with Crippen molar-refractivity contribution in [2.45, 2.75) is 47.0 Å². The number of amides is 1. The van der Waals surface area contributed by atoms with Gasteiger partial charge < -0.3 is 10.4 Å². The number of likely N-dealkylation sites (N-methyl/N-ethyl adjacent to an activating group) is 1. The second kappa shape index (κ2) is 10.0. The smallest absolute Gasteiger partial charge is 0.358 e. The topological polar surface area (TPSA) is 108 Å². The van der Waals surface area contributed by atoms with E-state index in [1.165, 1.54) is 0 Å². The maximum Gasteiger partial charge on any atom is 0.358 e. The van der Waals surface area contributed by atoms with Crippen molar-refractivity contribution in [3.05, 3.63) is 64.1 Å². The maximum atomic E-state index is 12.3. The number of carbonyl (C=O) groups excluding carboxylic acids is 1. The fourth-order valence-electron chi connectivity index (χ4n) is 3.48. The predicted molar refractivity (Wildman–Crippen MR) is 118 cm³/mol. The molecule has 160 valence electrons. The summed E-state index contributed by atoms with van der Waals surface area (Å²) in [5.74, 6) is -1.12. The van der Waals surface area contributed by atoms with Crippen LogP contribution in [0, 0.1) is 5.41 Å². The van der Waals surface area contributed by atoms with Gasteiger partial charge in [-0.1, -0.05) is 49.8 Å². The summed E-state index contributed by atoms with van der Waals surface area (Å²) in [6.45, 7) is 8.21. The van der Waals surface area contributed by atoms with Crippen LogP contribution in [0.3, 0.4) is 0 Å². The lowest BCUT2D eigenvalue weighted by molar-refractivity contribution is -0.117. The van der Waals surface area contributed by atoms with E-state index in [1.807, 2.05) is 38.2 Å². The quantitative estimate of drug-likeness (QED) is 0.583. The van der Waals surface area contributed by atoms with E-state index in [0.29, 0.717) is 5.69 Å². The van der Waals surface area contributed by atoms with Crippen molar-refractivity contribution in [1.82, 2.24) is 20.7 Å². The molecule has 0 saturated heterocycles. The van der Waals surface area contributed by atoms with Gasteiger partial charge in [0.1, 0.15) is 5.69 Å². The number of aromatic amines is 1. The number of hydrogen-bond donors (Lipinski definition) is 3.